The standard InChI is InChI=1S/C13H15ClN4O2.C12H10ClN3O.C9H8ClN.C4H7N3O2.CH3F/c1-3-20-12(19)7-18-13(8(2)16-17-18)10-6-9(14)4-5-11(10)15;1-7-12-11-5-9(13)3-2-8(11)4-10(17)6-16(12)15-14-7;1-2-3-7-6-8(10)4-5-9(7)11;1-2-9-4(8)3-6-7-5;1-2/h4-6H,3,7,15H2,1-2H3;2-3,5H,4,6H2,1H3;4-6H,11H2,1H3;2-3H2,1H3;1H3/i;;;;1D. The number of azide groups is 1. The van der Waals surface area contributed by atoms with E-state index in [1.54, 1.807) is 68.8 Å². The number of aromatic nitrogens is 6. The Morgan fingerprint density at radius 1 is 0.915 bits per heavy atom. The van der Waals surface area contributed by atoms with Gasteiger partial charge in [-0.2, -0.15) is 0 Å². The molecular weight excluding hydrogens is 828 g/mol. The maximum absolute atomic E-state index is 11.8. The van der Waals surface area contributed by atoms with Crippen molar-refractivity contribution < 1.29 is 29.6 Å². The Labute approximate surface area is 356 Å². The van der Waals surface area contributed by atoms with Crippen LogP contribution in [-0.2, 0) is 43.4 Å². The first kappa shape index (κ1) is 47.2. The van der Waals surface area contributed by atoms with Crippen LogP contribution in [0.2, 0.25) is 15.1 Å². The molecule has 0 unspecified atom stereocenters. The fourth-order valence-electron chi connectivity index (χ4n) is 5.18. The summed E-state index contributed by atoms with van der Waals surface area (Å²) in [6.07, 6.45) is 0.426. The quantitative estimate of drug-likeness (QED) is 0.0400. The predicted molar refractivity (Wildman–Crippen MR) is 226 cm³/mol. The lowest BCUT2D eigenvalue weighted by atomic mass is 10.0. The number of hydrogen-bond donors (Lipinski definition) is 2. The van der Waals surface area contributed by atoms with E-state index in [4.69, 9.17) is 57.9 Å². The number of carbonyl (C=O) groups excluding carboxylic acids is 3. The molecule has 0 fully saturated rings. The third-order valence-corrected chi connectivity index (χ3v) is 8.25. The number of carbonyl (C=O) groups is 3. The summed E-state index contributed by atoms with van der Waals surface area (Å²) in [4.78, 5) is 36.1. The largest absolute Gasteiger partial charge is 0.466 e. The molecule has 312 valence electrons. The molecule has 1 aliphatic heterocycles. The van der Waals surface area contributed by atoms with Gasteiger partial charge in [0, 0.05) is 54.5 Å². The van der Waals surface area contributed by atoms with Crippen molar-refractivity contribution in [3.05, 3.63) is 103 Å². The number of nitrogen functional groups attached to an aromatic ring is 2. The van der Waals surface area contributed by atoms with Gasteiger partial charge < -0.3 is 20.9 Å². The molecule has 6 rings (SSSR count). The van der Waals surface area contributed by atoms with Gasteiger partial charge >= 0.3 is 11.9 Å². The number of nitrogens with two attached hydrogens (primary N) is 2. The summed E-state index contributed by atoms with van der Waals surface area (Å²) in [6, 6.07) is 16.0. The van der Waals surface area contributed by atoms with Crippen LogP contribution in [0.25, 0.3) is 33.0 Å². The molecule has 2 aromatic heterocycles. The molecule has 4 N–H and O–H groups in total. The highest BCUT2D eigenvalue weighted by Crippen LogP contribution is 2.32. The number of ether oxygens (including phenoxy) is 2. The molecule has 0 amide bonds. The van der Waals surface area contributed by atoms with Gasteiger partial charge in [-0.3, -0.25) is 18.8 Å². The smallest absolute Gasteiger partial charge is 0.327 e. The molecule has 0 bridgehead atoms. The maximum atomic E-state index is 11.8. The molecule has 0 atom stereocenters. The van der Waals surface area contributed by atoms with Crippen LogP contribution in [-0.4, -0.2) is 74.6 Å². The van der Waals surface area contributed by atoms with Gasteiger partial charge in [0.05, 0.1) is 44.5 Å². The zero-order valence-corrected chi connectivity index (χ0v) is 35.1. The minimum atomic E-state index is -1.00. The number of nitrogens with zero attached hydrogens (tertiary/aromatic N) is 9. The van der Waals surface area contributed by atoms with E-state index < -0.39 is 13.1 Å². The number of anilines is 2. The van der Waals surface area contributed by atoms with E-state index in [-0.39, 0.29) is 31.4 Å². The summed E-state index contributed by atoms with van der Waals surface area (Å²) < 4.78 is 28.0. The second kappa shape index (κ2) is 25.2. The summed E-state index contributed by atoms with van der Waals surface area (Å²) >= 11 is 17.7. The molecule has 16 nitrogen and oxygen atoms in total. The zero-order chi connectivity index (χ0) is 44.8. The van der Waals surface area contributed by atoms with E-state index in [1.165, 1.54) is 4.68 Å². The highest BCUT2D eigenvalue weighted by Gasteiger charge is 2.22. The van der Waals surface area contributed by atoms with Crippen molar-refractivity contribution in [2.75, 3.05) is 38.4 Å². The maximum Gasteiger partial charge on any atom is 0.327 e. The van der Waals surface area contributed by atoms with Crippen LogP contribution in [0.15, 0.2) is 59.7 Å². The molecule has 1 aliphatic rings. The van der Waals surface area contributed by atoms with Crippen LogP contribution in [0, 0.1) is 25.7 Å². The topological polar surface area (TPSA) is 232 Å². The number of fused-ring (bicyclic) bond motifs is 3. The minimum absolute atomic E-state index is 0.0179. The molecule has 0 radical (unpaired) electrons. The Morgan fingerprint density at radius 2 is 1.47 bits per heavy atom. The number of aryl methyl sites for hydroxylation is 2. The molecule has 0 aliphatic carbocycles. The number of benzene rings is 3. The van der Waals surface area contributed by atoms with Crippen molar-refractivity contribution in [1.82, 2.24) is 30.0 Å². The number of alkyl halides is 1. The number of rotatable bonds is 7. The third-order valence-electron chi connectivity index (χ3n) is 7.55. The van der Waals surface area contributed by atoms with Gasteiger partial charge in [0.2, 0.25) is 0 Å². The van der Waals surface area contributed by atoms with Crippen LogP contribution >= 0.6 is 34.8 Å². The highest BCUT2D eigenvalue weighted by atomic mass is 35.5. The average molecular weight is 872 g/mol. The summed E-state index contributed by atoms with van der Waals surface area (Å²) in [6.45, 7) is 9.57. The second-order valence-corrected chi connectivity index (χ2v) is 13.0. The number of esters is 2. The summed E-state index contributed by atoms with van der Waals surface area (Å²) in [5.41, 5.74) is 27.0. The van der Waals surface area contributed by atoms with Crippen LogP contribution in [0.3, 0.4) is 0 Å². The van der Waals surface area contributed by atoms with Gasteiger partial charge in [-0.15, -0.1) is 16.1 Å². The van der Waals surface area contributed by atoms with Gasteiger partial charge in [-0.1, -0.05) is 62.3 Å². The van der Waals surface area contributed by atoms with Gasteiger partial charge in [0.1, 0.15) is 19.6 Å². The normalized spacial score (nSPS) is 10.7. The summed E-state index contributed by atoms with van der Waals surface area (Å²) in [5, 5.41) is 20.8. The predicted octanol–water partition coefficient (Wildman–Crippen LogP) is 7.82. The first-order valence-electron chi connectivity index (χ1n) is 18.2. The lowest BCUT2D eigenvalue weighted by Crippen LogP contribution is -2.15. The van der Waals surface area contributed by atoms with Crippen molar-refractivity contribution in [2.45, 2.75) is 54.1 Å². The van der Waals surface area contributed by atoms with Crippen molar-refractivity contribution in [3.8, 4) is 34.4 Å². The minimum Gasteiger partial charge on any atom is -0.466 e. The van der Waals surface area contributed by atoms with Crippen molar-refractivity contribution in [2.24, 2.45) is 5.11 Å². The van der Waals surface area contributed by atoms with E-state index in [1.807, 2.05) is 25.1 Å². The van der Waals surface area contributed by atoms with Gasteiger partial charge in [0.25, 0.3) is 0 Å². The third kappa shape index (κ3) is 15.3. The molecule has 3 heterocycles. The lowest BCUT2D eigenvalue weighted by molar-refractivity contribution is -0.144. The molecular formula is C39H43Cl3FN11O5. The molecule has 59 heavy (non-hydrogen) atoms. The fourth-order valence-corrected chi connectivity index (χ4v) is 5.69. The van der Waals surface area contributed by atoms with E-state index in [9.17, 15) is 18.8 Å². The van der Waals surface area contributed by atoms with Crippen molar-refractivity contribution >= 4 is 63.9 Å². The van der Waals surface area contributed by atoms with E-state index >= 15 is 0 Å². The monoisotopic (exact) mass is 870 g/mol. The van der Waals surface area contributed by atoms with Crippen molar-refractivity contribution in [1.29, 1.82) is 0 Å². The second-order valence-electron chi connectivity index (χ2n) is 11.7. The first-order chi connectivity index (χ1) is 28.6. The van der Waals surface area contributed by atoms with Crippen LogP contribution < -0.4 is 11.5 Å². The Balaban J connectivity index is 0.000000281. The Hall–Kier alpha value is -6.18. The molecule has 0 saturated heterocycles. The SMILES string of the molecule is CC#Cc1cc(Cl)ccc1N.CCOC(=O)CN=[N+]=[N-].CCOC(=O)Cn1nnc(C)c1-c1cc(Cl)ccc1N.Cc1nnn2c1-c1cc(Cl)ccc1CC(=O)C2.[2H]CF. The molecule has 5 aromatic rings. The Bertz CT molecular complexity index is 2360. The molecule has 0 saturated carbocycles. The number of Topliss-reactive ketones (excluding diaryl/α,β-unsaturated/α-hetero) is 1. The Morgan fingerprint density at radius 3 is 2.10 bits per heavy atom. The Kier molecular flexibility index (Phi) is 20.2. The van der Waals surface area contributed by atoms with Gasteiger partial charge in [-0.05, 0) is 94.2 Å². The average Bonchev–Trinajstić information content (AvgIpc) is 3.70. The zero-order valence-electron chi connectivity index (χ0n) is 33.9. The number of hydrogen-bond acceptors (Lipinski definition) is 12. The highest BCUT2D eigenvalue weighted by molar-refractivity contribution is 6.31. The van der Waals surface area contributed by atoms with E-state index in [2.05, 4.69) is 47.2 Å². The number of ketones is 1. The van der Waals surface area contributed by atoms with Crippen molar-refractivity contribution in [3.63, 3.8) is 0 Å². The lowest BCUT2D eigenvalue weighted by Gasteiger charge is -2.09. The summed E-state index contributed by atoms with van der Waals surface area (Å²) in [5.74, 6) is 4.89. The molecule has 3 aromatic carbocycles. The van der Waals surface area contributed by atoms with Crippen LogP contribution in [0.1, 0.15) is 44.7 Å². The summed E-state index contributed by atoms with van der Waals surface area (Å²) in [7, 11) is -1.00. The fraction of sp³-hybridized carbons (Fsp3) is 0.308. The van der Waals surface area contributed by atoms with E-state index in [0.717, 1.165) is 28.1 Å². The number of halogens is 4. The van der Waals surface area contributed by atoms with E-state index in [0.29, 0.717) is 63.0 Å². The molecule has 20 heteroatoms. The van der Waals surface area contributed by atoms with Crippen LogP contribution in [0.4, 0.5) is 15.8 Å². The first-order valence-corrected chi connectivity index (χ1v) is 18.6. The van der Waals surface area contributed by atoms with Crippen LogP contribution in [0.5, 0.6) is 0 Å². The van der Waals surface area contributed by atoms with Gasteiger partial charge in [0.15, 0.2) is 5.78 Å². The molecule has 0 spiro atoms. The van der Waals surface area contributed by atoms with Gasteiger partial charge in [-0.25, -0.2) is 9.36 Å².